The first-order valence-corrected chi connectivity index (χ1v) is 7.09. The molecule has 0 bridgehead atoms. The molecular formula is C15H21N3O3. The van der Waals surface area contributed by atoms with Gasteiger partial charge in [-0.15, -0.1) is 0 Å². The summed E-state index contributed by atoms with van der Waals surface area (Å²) in [5.41, 5.74) is 1.17. The van der Waals surface area contributed by atoms with E-state index >= 15 is 0 Å². The number of ketones is 1. The normalized spacial score (nSPS) is 17.5. The molecule has 0 aliphatic carbocycles. The number of carbonyl (C=O) groups excluding carboxylic acids is 1. The number of hydrogen-bond acceptors (Lipinski definition) is 4. The van der Waals surface area contributed by atoms with Crippen LogP contribution in [0, 0.1) is 0 Å². The zero-order chi connectivity index (χ0) is 15.9. The van der Waals surface area contributed by atoms with Gasteiger partial charge in [0.25, 0.3) is 5.56 Å². The molecular weight excluding hydrogens is 270 g/mol. The van der Waals surface area contributed by atoms with Crippen LogP contribution >= 0.6 is 0 Å². The van der Waals surface area contributed by atoms with Crippen LogP contribution in [0.5, 0.6) is 0 Å². The van der Waals surface area contributed by atoms with E-state index in [2.05, 4.69) is 5.32 Å². The van der Waals surface area contributed by atoms with Gasteiger partial charge >= 0.3 is 5.69 Å². The molecule has 1 atom stereocenters. The van der Waals surface area contributed by atoms with E-state index in [1.807, 2.05) is 13.8 Å². The number of allylic oxidation sites excluding steroid dienone is 2. The van der Waals surface area contributed by atoms with Crippen LogP contribution < -0.4 is 16.6 Å². The van der Waals surface area contributed by atoms with Crippen molar-refractivity contribution in [1.29, 1.82) is 0 Å². The Morgan fingerprint density at radius 1 is 1.24 bits per heavy atom. The third kappa shape index (κ3) is 2.24. The highest BCUT2D eigenvalue weighted by atomic mass is 16.2. The van der Waals surface area contributed by atoms with Crippen LogP contribution in [0.25, 0.3) is 0 Å². The van der Waals surface area contributed by atoms with Crippen molar-refractivity contribution < 1.29 is 4.79 Å². The predicted octanol–water partition coefficient (Wildman–Crippen LogP) is 1.26. The molecule has 21 heavy (non-hydrogen) atoms. The molecule has 2 heterocycles. The second-order valence-electron chi connectivity index (χ2n) is 5.53. The average molecular weight is 291 g/mol. The number of hydrogen-bond donors (Lipinski definition) is 1. The fourth-order valence-electron chi connectivity index (χ4n) is 3.07. The van der Waals surface area contributed by atoms with Crippen molar-refractivity contribution >= 4 is 11.6 Å². The zero-order valence-corrected chi connectivity index (χ0v) is 13.1. The van der Waals surface area contributed by atoms with E-state index in [1.165, 1.54) is 18.5 Å². The first-order valence-electron chi connectivity index (χ1n) is 7.09. The summed E-state index contributed by atoms with van der Waals surface area (Å²) in [5, 5.41) is 3.07. The van der Waals surface area contributed by atoms with E-state index in [-0.39, 0.29) is 23.0 Å². The molecule has 6 nitrogen and oxygen atoms in total. The van der Waals surface area contributed by atoms with E-state index in [0.717, 1.165) is 16.7 Å². The Morgan fingerprint density at radius 3 is 2.38 bits per heavy atom. The van der Waals surface area contributed by atoms with Gasteiger partial charge in [0.15, 0.2) is 5.78 Å². The summed E-state index contributed by atoms with van der Waals surface area (Å²) in [7, 11) is 3.09. The molecule has 0 saturated heterocycles. The van der Waals surface area contributed by atoms with E-state index in [1.54, 1.807) is 7.05 Å². The Kier molecular flexibility index (Phi) is 3.89. The first-order chi connectivity index (χ1) is 9.81. The van der Waals surface area contributed by atoms with Gasteiger partial charge in [-0.1, -0.05) is 13.3 Å². The minimum atomic E-state index is -0.374. The van der Waals surface area contributed by atoms with Gasteiger partial charge < -0.3 is 5.32 Å². The molecule has 0 amide bonds. The van der Waals surface area contributed by atoms with Gasteiger partial charge in [-0.2, -0.15) is 0 Å². The molecule has 1 aliphatic heterocycles. The maximum absolute atomic E-state index is 12.5. The lowest BCUT2D eigenvalue weighted by Crippen LogP contribution is -2.43. The molecule has 1 aromatic rings. The summed E-state index contributed by atoms with van der Waals surface area (Å²) in [6, 6.07) is 0. The Balaban J connectivity index is 2.84. The van der Waals surface area contributed by atoms with Crippen molar-refractivity contribution in [3.05, 3.63) is 37.7 Å². The van der Waals surface area contributed by atoms with Gasteiger partial charge in [-0.05, 0) is 20.3 Å². The van der Waals surface area contributed by atoms with Gasteiger partial charge in [0.05, 0.1) is 5.56 Å². The fraction of sp³-hybridized carbons (Fsp3) is 0.533. The van der Waals surface area contributed by atoms with Gasteiger partial charge in [-0.3, -0.25) is 18.7 Å². The van der Waals surface area contributed by atoms with E-state index in [9.17, 15) is 14.4 Å². The van der Waals surface area contributed by atoms with E-state index in [4.69, 9.17) is 0 Å². The van der Waals surface area contributed by atoms with Crippen molar-refractivity contribution in [2.24, 2.45) is 14.1 Å². The van der Waals surface area contributed by atoms with Crippen LogP contribution in [0.1, 0.15) is 45.1 Å². The van der Waals surface area contributed by atoms with Crippen LogP contribution in [-0.2, 0) is 18.9 Å². The number of rotatable bonds is 3. The van der Waals surface area contributed by atoms with Crippen molar-refractivity contribution in [2.75, 3.05) is 5.32 Å². The largest absolute Gasteiger partial charge is 0.345 e. The number of nitrogens with one attached hydrogen (secondary N) is 1. The molecule has 1 N–H and O–H groups in total. The third-order valence-corrected chi connectivity index (χ3v) is 4.06. The maximum atomic E-state index is 12.5. The second kappa shape index (κ2) is 5.35. The Labute approximate surface area is 123 Å². The molecule has 0 saturated carbocycles. The quantitative estimate of drug-likeness (QED) is 0.910. The number of Topliss-reactive ketones (excluding diaryl/α,β-unsaturated/α-hetero) is 1. The molecule has 6 heteroatoms. The minimum absolute atomic E-state index is 0.0417. The topological polar surface area (TPSA) is 73.1 Å². The summed E-state index contributed by atoms with van der Waals surface area (Å²) in [6.45, 7) is 5.34. The van der Waals surface area contributed by atoms with Crippen molar-refractivity contribution in [3.8, 4) is 0 Å². The summed E-state index contributed by atoms with van der Waals surface area (Å²) in [6.07, 6.45) is 1.55. The molecule has 2 rings (SSSR count). The molecule has 0 spiro atoms. The number of nitrogens with zero attached hydrogens (tertiary/aromatic N) is 2. The minimum Gasteiger partial charge on any atom is -0.345 e. The third-order valence-electron chi connectivity index (χ3n) is 4.06. The summed E-state index contributed by atoms with van der Waals surface area (Å²) >= 11 is 0. The predicted molar refractivity (Wildman–Crippen MR) is 81.6 cm³/mol. The second-order valence-corrected chi connectivity index (χ2v) is 5.53. The monoisotopic (exact) mass is 291 g/mol. The standard InChI is InChI=1S/C15H21N3O3/c1-6-7-10-11(9(3)19)8(2)16-13-12(10)14(20)18(5)15(21)17(13)4/h10,16H,6-7H2,1-5H3. The summed E-state index contributed by atoms with van der Waals surface area (Å²) in [4.78, 5) is 36.6. The molecule has 114 valence electrons. The maximum Gasteiger partial charge on any atom is 0.332 e. The zero-order valence-electron chi connectivity index (χ0n) is 13.1. The molecule has 1 aliphatic rings. The number of carbonyl (C=O) groups is 1. The lowest BCUT2D eigenvalue weighted by atomic mass is 9.83. The Morgan fingerprint density at radius 2 is 1.86 bits per heavy atom. The molecule has 0 radical (unpaired) electrons. The van der Waals surface area contributed by atoms with E-state index < -0.39 is 0 Å². The SMILES string of the molecule is CCCC1C(C(C)=O)=C(C)Nc2c1c(=O)n(C)c(=O)n2C. The molecule has 1 aromatic heterocycles. The first kappa shape index (κ1) is 15.3. The van der Waals surface area contributed by atoms with Gasteiger partial charge in [0.1, 0.15) is 5.82 Å². The lowest BCUT2D eigenvalue weighted by Gasteiger charge is -2.30. The molecule has 0 fully saturated rings. The van der Waals surface area contributed by atoms with Crippen LogP contribution in [0.3, 0.4) is 0 Å². The number of fused-ring (bicyclic) bond motifs is 1. The van der Waals surface area contributed by atoms with Crippen LogP contribution in [0.4, 0.5) is 5.82 Å². The highest BCUT2D eigenvalue weighted by Crippen LogP contribution is 2.37. The number of aromatic nitrogens is 2. The average Bonchev–Trinajstić information content (AvgIpc) is 2.42. The van der Waals surface area contributed by atoms with Crippen LogP contribution in [0.2, 0.25) is 0 Å². The molecule has 0 aromatic carbocycles. The van der Waals surface area contributed by atoms with E-state index in [0.29, 0.717) is 23.4 Å². The Bertz CT molecular complexity index is 753. The Hall–Kier alpha value is -2.11. The van der Waals surface area contributed by atoms with Crippen molar-refractivity contribution in [1.82, 2.24) is 9.13 Å². The smallest absolute Gasteiger partial charge is 0.332 e. The highest BCUT2D eigenvalue weighted by Gasteiger charge is 2.33. The lowest BCUT2D eigenvalue weighted by molar-refractivity contribution is -0.114. The van der Waals surface area contributed by atoms with Gasteiger partial charge in [0.2, 0.25) is 0 Å². The van der Waals surface area contributed by atoms with Crippen LogP contribution in [0.15, 0.2) is 20.9 Å². The number of anilines is 1. The van der Waals surface area contributed by atoms with Crippen molar-refractivity contribution in [3.63, 3.8) is 0 Å². The molecule has 1 unspecified atom stereocenters. The fourth-order valence-corrected chi connectivity index (χ4v) is 3.07. The van der Waals surface area contributed by atoms with Crippen LogP contribution in [-0.4, -0.2) is 14.9 Å². The van der Waals surface area contributed by atoms with Gasteiger partial charge in [0, 0.05) is 31.3 Å². The summed E-state index contributed by atoms with van der Waals surface area (Å²) in [5.74, 6) is 0.207. The highest BCUT2D eigenvalue weighted by molar-refractivity contribution is 5.97. The van der Waals surface area contributed by atoms with Crippen molar-refractivity contribution in [2.45, 2.75) is 39.5 Å². The van der Waals surface area contributed by atoms with Gasteiger partial charge in [-0.25, -0.2) is 4.79 Å². The summed E-state index contributed by atoms with van der Waals surface area (Å²) < 4.78 is 2.53.